The smallest absolute Gasteiger partial charge is 0.00669 e. The van der Waals surface area contributed by atoms with Crippen molar-refractivity contribution in [3.8, 4) is 11.1 Å². The SMILES string of the molecule is Cc1ccc2c(c1)C1=CC3(CCCCC3)Cc3c(C)ccc-2c31. The van der Waals surface area contributed by atoms with Crippen LogP contribution in [0.2, 0.25) is 0 Å². The Kier molecular flexibility index (Phi) is 2.72. The fourth-order valence-electron chi connectivity index (χ4n) is 5.20. The van der Waals surface area contributed by atoms with Crippen LogP contribution in [-0.4, -0.2) is 0 Å². The predicted molar refractivity (Wildman–Crippen MR) is 97.7 cm³/mol. The van der Waals surface area contributed by atoms with Crippen molar-refractivity contribution in [3.05, 3.63) is 64.2 Å². The minimum Gasteiger partial charge on any atom is -0.0694 e. The van der Waals surface area contributed by atoms with Crippen molar-refractivity contribution in [2.24, 2.45) is 5.41 Å². The van der Waals surface area contributed by atoms with Gasteiger partial charge in [0, 0.05) is 0 Å². The van der Waals surface area contributed by atoms with Crippen LogP contribution >= 0.6 is 0 Å². The molecule has 0 heteroatoms. The zero-order valence-corrected chi connectivity index (χ0v) is 14.2. The second-order valence-electron chi connectivity index (χ2n) is 7.99. The van der Waals surface area contributed by atoms with Crippen LogP contribution in [-0.2, 0) is 6.42 Å². The second-order valence-corrected chi connectivity index (χ2v) is 7.99. The maximum absolute atomic E-state index is 2.68. The number of hydrogen-bond acceptors (Lipinski definition) is 0. The summed E-state index contributed by atoms with van der Waals surface area (Å²) in [6.45, 7) is 4.53. The Balaban J connectivity index is 1.82. The lowest BCUT2D eigenvalue weighted by Gasteiger charge is -2.39. The summed E-state index contributed by atoms with van der Waals surface area (Å²) in [6, 6.07) is 11.7. The summed E-state index contributed by atoms with van der Waals surface area (Å²) in [5, 5.41) is 0. The molecule has 2 aromatic carbocycles. The summed E-state index contributed by atoms with van der Waals surface area (Å²) in [5.74, 6) is 0. The number of rotatable bonds is 0. The van der Waals surface area contributed by atoms with Crippen molar-refractivity contribution in [1.82, 2.24) is 0 Å². The van der Waals surface area contributed by atoms with Gasteiger partial charge in [-0.3, -0.25) is 0 Å². The predicted octanol–water partition coefficient (Wildman–Crippen LogP) is 6.22. The van der Waals surface area contributed by atoms with Gasteiger partial charge in [0.15, 0.2) is 0 Å². The fourth-order valence-corrected chi connectivity index (χ4v) is 5.20. The quantitative estimate of drug-likeness (QED) is 0.462. The second kappa shape index (κ2) is 4.60. The van der Waals surface area contributed by atoms with Crippen LogP contribution in [0.5, 0.6) is 0 Å². The van der Waals surface area contributed by atoms with Crippen molar-refractivity contribution in [1.29, 1.82) is 0 Å². The largest absolute Gasteiger partial charge is 0.0694 e. The first-order chi connectivity index (χ1) is 11.2. The summed E-state index contributed by atoms with van der Waals surface area (Å²) in [5.41, 5.74) is 12.4. The monoisotopic (exact) mass is 300 g/mol. The molecule has 116 valence electrons. The molecule has 1 saturated carbocycles. The van der Waals surface area contributed by atoms with Gasteiger partial charge < -0.3 is 0 Å². The molecule has 23 heavy (non-hydrogen) atoms. The molecule has 0 heterocycles. The molecular formula is C23H24. The molecule has 1 spiro atoms. The first-order valence-electron chi connectivity index (χ1n) is 9.14. The summed E-state index contributed by atoms with van der Waals surface area (Å²) < 4.78 is 0. The van der Waals surface area contributed by atoms with E-state index in [9.17, 15) is 0 Å². The Morgan fingerprint density at radius 2 is 1.61 bits per heavy atom. The van der Waals surface area contributed by atoms with Crippen LogP contribution in [0.25, 0.3) is 16.7 Å². The van der Waals surface area contributed by atoms with Crippen LogP contribution in [0.4, 0.5) is 0 Å². The number of aryl methyl sites for hydroxylation is 2. The molecule has 2 aromatic rings. The average Bonchev–Trinajstić information content (AvgIpc) is 2.85. The zero-order valence-electron chi connectivity index (χ0n) is 14.2. The lowest BCUT2D eigenvalue weighted by Crippen LogP contribution is -2.28. The van der Waals surface area contributed by atoms with Crippen molar-refractivity contribution in [3.63, 3.8) is 0 Å². The normalized spacial score (nSPS) is 20.2. The highest BCUT2D eigenvalue weighted by atomic mass is 14.4. The maximum atomic E-state index is 2.68. The topological polar surface area (TPSA) is 0 Å². The van der Waals surface area contributed by atoms with E-state index in [0.29, 0.717) is 5.41 Å². The number of hydrogen-bond donors (Lipinski definition) is 0. The molecule has 0 amide bonds. The van der Waals surface area contributed by atoms with E-state index in [1.807, 2.05) is 0 Å². The molecule has 1 fully saturated rings. The molecule has 3 aliphatic rings. The Bertz CT molecular complexity index is 845. The highest BCUT2D eigenvalue weighted by Gasteiger charge is 2.39. The molecule has 0 aliphatic heterocycles. The standard InChI is InChI=1S/C23H24/c1-15-6-8-17-18-9-7-16(2)20-13-23(10-4-3-5-11-23)14-21(22(18)20)19(17)12-15/h6-9,12,14H,3-5,10-11,13H2,1-2H3. The molecule has 0 radical (unpaired) electrons. The molecule has 0 bridgehead atoms. The number of allylic oxidation sites excluding steroid dienone is 1. The highest BCUT2D eigenvalue weighted by molar-refractivity contribution is 6.03. The molecule has 0 N–H and O–H groups in total. The fraction of sp³-hybridized carbons (Fsp3) is 0.391. The third-order valence-electron chi connectivity index (χ3n) is 6.40. The summed E-state index contributed by atoms with van der Waals surface area (Å²) in [4.78, 5) is 0. The molecule has 0 nitrogen and oxygen atoms in total. The maximum Gasteiger partial charge on any atom is -0.00669 e. The van der Waals surface area contributed by atoms with E-state index in [4.69, 9.17) is 0 Å². The van der Waals surface area contributed by atoms with Gasteiger partial charge in [-0.25, -0.2) is 0 Å². The third-order valence-corrected chi connectivity index (χ3v) is 6.40. The van der Waals surface area contributed by atoms with Crippen molar-refractivity contribution >= 4 is 5.57 Å². The van der Waals surface area contributed by atoms with Crippen LogP contribution in [0.3, 0.4) is 0 Å². The zero-order chi connectivity index (χ0) is 15.6. The van der Waals surface area contributed by atoms with Gasteiger partial charge in [-0.1, -0.05) is 61.2 Å². The molecule has 0 aromatic heterocycles. The summed E-state index contributed by atoms with van der Waals surface area (Å²) in [6.07, 6.45) is 10.9. The van der Waals surface area contributed by atoms with E-state index in [1.54, 1.807) is 16.7 Å². The van der Waals surface area contributed by atoms with Gasteiger partial charge in [0.05, 0.1) is 0 Å². The van der Waals surface area contributed by atoms with Gasteiger partial charge in [0.1, 0.15) is 0 Å². The molecule has 0 saturated heterocycles. The van der Waals surface area contributed by atoms with E-state index >= 15 is 0 Å². The number of benzene rings is 2. The van der Waals surface area contributed by atoms with Gasteiger partial charge in [-0.05, 0) is 77.5 Å². The lowest BCUT2D eigenvalue weighted by atomic mass is 9.65. The molecular weight excluding hydrogens is 276 g/mol. The minimum absolute atomic E-state index is 0.426. The van der Waals surface area contributed by atoms with Crippen molar-refractivity contribution < 1.29 is 0 Å². The van der Waals surface area contributed by atoms with E-state index < -0.39 is 0 Å². The van der Waals surface area contributed by atoms with Crippen LogP contribution in [0.1, 0.15) is 59.9 Å². The molecule has 5 rings (SSSR count). The minimum atomic E-state index is 0.426. The van der Waals surface area contributed by atoms with E-state index in [1.165, 1.54) is 66.3 Å². The summed E-state index contributed by atoms with van der Waals surface area (Å²) in [7, 11) is 0. The Morgan fingerprint density at radius 3 is 2.43 bits per heavy atom. The van der Waals surface area contributed by atoms with Gasteiger partial charge >= 0.3 is 0 Å². The number of fused-ring (bicyclic) bond motifs is 3. The van der Waals surface area contributed by atoms with Crippen LogP contribution < -0.4 is 0 Å². The van der Waals surface area contributed by atoms with Gasteiger partial charge in [-0.15, -0.1) is 0 Å². The van der Waals surface area contributed by atoms with Crippen LogP contribution in [0, 0.1) is 19.3 Å². The first-order valence-corrected chi connectivity index (χ1v) is 9.14. The average molecular weight is 300 g/mol. The Labute approximate surface area is 139 Å². The van der Waals surface area contributed by atoms with Gasteiger partial charge in [0.25, 0.3) is 0 Å². The molecule has 3 aliphatic carbocycles. The Hall–Kier alpha value is -1.82. The highest BCUT2D eigenvalue weighted by Crippen LogP contribution is 2.55. The lowest BCUT2D eigenvalue weighted by molar-refractivity contribution is 0.254. The van der Waals surface area contributed by atoms with Crippen molar-refractivity contribution in [2.75, 3.05) is 0 Å². The van der Waals surface area contributed by atoms with E-state index in [2.05, 4.69) is 50.3 Å². The molecule has 0 atom stereocenters. The summed E-state index contributed by atoms with van der Waals surface area (Å²) >= 11 is 0. The molecule has 0 unspecified atom stereocenters. The van der Waals surface area contributed by atoms with Crippen LogP contribution in [0.15, 0.2) is 36.4 Å². The first kappa shape index (κ1) is 13.6. The van der Waals surface area contributed by atoms with E-state index in [0.717, 1.165) is 0 Å². The Morgan fingerprint density at radius 1 is 0.826 bits per heavy atom. The third kappa shape index (κ3) is 1.84. The van der Waals surface area contributed by atoms with Gasteiger partial charge in [0.2, 0.25) is 0 Å². The van der Waals surface area contributed by atoms with Crippen molar-refractivity contribution in [2.45, 2.75) is 52.4 Å². The van der Waals surface area contributed by atoms with Gasteiger partial charge in [-0.2, -0.15) is 0 Å². The van der Waals surface area contributed by atoms with E-state index in [-0.39, 0.29) is 0 Å².